The molecule has 1 heterocycles. The van der Waals surface area contributed by atoms with Gasteiger partial charge < -0.3 is 5.32 Å². The van der Waals surface area contributed by atoms with Gasteiger partial charge in [0.2, 0.25) is 11.8 Å². The van der Waals surface area contributed by atoms with Crippen LogP contribution in [0.5, 0.6) is 0 Å². The molecule has 1 amide bonds. The zero-order valence-electron chi connectivity index (χ0n) is 11.5. The molecule has 0 unspecified atom stereocenters. The standard InChI is InChI=1S/C15H18N2O2/c1-10-13(8-9-16-11(2)18)14-6-4-5-7-15(14)17(10)12(3)19/h4-7H,8-9H2,1-3H3,(H,16,18). The van der Waals surface area contributed by atoms with Gasteiger partial charge in [-0.05, 0) is 25.0 Å². The Morgan fingerprint density at radius 3 is 2.53 bits per heavy atom. The van der Waals surface area contributed by atoms with E-state index in [1.807, 2.05) is 31.2 Å². The number of benzene rings is 1. The molecule has 0 aliphatic rings. The van der Waals surface area contributed by atoms with Crippen LogP contribution in [0.25, 0.3) is 10.9 Å². The summed E-state index contributed by atoms with van der Waals surface area (Å²) in [6.45, 7) is 5.61. The third kappa shape index (κ3) is 2.52. The number of rotatable bonds is 3. The maximum absolute atomic E-state index is 11.8. The van der Waals surface area contributed by atoms with Gasteiger partial charge in [0.05, 0.1) is 5.52 Å². The number of aromatic nitrogens is 1. The number of para-hydroxylation sites is 1. The van der Waals surface area contributed by atoms with Crippen LogP contribution in [0.4, 0.5) is 0 Å². The van der Waals surface area contributed by atoms with Crippen molar-refractivity contribution in [3.05, 3.63) is 35.5 Å². The Labute approximate surface area is 112 Å². The van der Waals surface area contributed by atoms with Crippen LogP contribution in [0, 0.1) is 6.92 Å². The molecule has 0 fully saturated rings. The number of nitrogens with one attached hydrogen (secondary N) is 1. The number of nitrogens with zero attached hydrogens (tertiary/aromatic N) is 1. The SMILES string of the molecule is CC(=O)NCCc1c(C)n(C(C)=O)c2ccccc12. The van der Waals surface area contributed by atoms with E-state index >= 15 is 0 Å². The second-order valence-electron chi connectivity index (χ2n) is 4.67. The van der Waals surface area contributed by atoms with Crippen LogP contribution in [0.3, 0.4) is 0 Å². The molecule has 4 heteroatoms. The van der Waals surface area contributed by atoms with Crippen molar-refractivity contribution in [2.45, 2.75) is 27.2 Å². The molecule has 19 heavy (non-hydrogen) atoms. The summed E-state index contributed by atoms with van der Waals surface area (Å²) in [6, 6.07) is 7.86. The predicted octanol–water partition coefficient (Wildman–Crippen LogP) is 2.29. The van der Waals surface area contributed by atoms with Crippen molar-refractivity contribution in [3.63, 3.8) is 0 Å². The van der Waals surface area contributed by atoms with Crippen LogP contribution in [-0.4, -0.2) is 22.9 Å². The minimum atomic E-state index is -0.0343. The summed E-state index contributed by atoms with van der Waals surface area (Å²) in [6.07, 6.45) is 0.728. The van der Waals surface area contributed by atoms with Crippen molar-refractivity contribution >= 4 is 22.7 Å². The van der Waals surface area contributed by atoms with E-state index in [0.29, 0.717) is 6.54 Å². The van der Waals surface area contributed by atoms with E-state index in [2.05, 4.69) is 5.32 Å². The van der Waals surface area contributed by atoms with Crippen LogP contribution >= 0.6 is 0 Å². The minimum Gasteiger partial charge on any atom is -0.356 e. The Kier molecular flexibility index (Phi) is 3.69. The maximum atomic E-state index is 11.8. The summed E-state index contributed by atoms with van der Waals surface area (Å²) in [4.78, 5) is 22.7. The van der Waals surface area contributed by atoms with Gasteiger partial charge in [0.15, 0.2) is 0 Å². The second kappa shape index (κ2) is 5.26. The van der Waals surface area contributed by atoms with E-state index in [1.54, 1.807) is 11.5 Å². The fraction of sp³-hybridized carbons (Fsp3) is 0.333. The van der Waals surface area contributed by atoms with Gasteiger partial charge in [0.1, 0.15) is 0 Å². The van der Waals surface area contributed by atoms with Gasteiger partial charge in [-0.2, -0.15) is 0 Å². The number of hydrogen-bond acceptors (Lipinski definition) is 2. The number of fused-ring (bicyclic) bond motifs is 1. The molecule has 0 atom stereocenters. The van der Waals surface area contributed by atoms with Gasteiger partial charge >= 0.3 is 0 Å². The highest BCUT2D eigenvalue weighted by atomic mass is 16.2. The Morgan fingerprint density at radius 1 is 1.21 bits per heavy atom. The molecule has 2 rings (SSSR count). The van der Waals surface area contributed by atoms with Crippen molar-refractivity contribution in [2.75, 3.05) is 6.54 Å². The molecule has 0 radical (unpaired) electrons. The lowest BCUT2D eigenvalue weighted by Crippen LogP contribution is -2.22. The van der Waals surface area contributed by atoms with E-state index < -0.39 is 0 Å². The van der Waals surface area contributed by atoms with Crippen LogP contribution in [-0.2, 0) is 11.2 Å². The number of hydrogen-bond donors (Lipinski definition) is 1. The van der Waals surface area contributed by atoms with Gasteiger partial charge in [-0.25, -0.2) is 0 Å². The first-order valence-electron chi connectivity index (χ1n) is 6.36. The zero-order valence-corrected chi connectivity index (χ0v) is 11.5. The van der Waals surface area contributed by atoms with Crippen molar-refractivity contribution < 1.29 is 9.59 Å². The van der Waals surface area contributed by atoms with Gasteiger partial charge in [0, 0.05) is 31.5 Å². The van der Waals surface area contributed by atoms with Crippen LogP contribution in [0.15, 0.2) is 24.3 Å². The average molecular weight is 258 g/mol. The third-order valence-corrected chi connectivity index (χ3v) is 3.31. The minimum absolute atomic E-state index is 0.0134. The highest BCUT2D eigenvalue weighted by molar-refractivity contribution is 5.95. The highest BCUT2D eigenvalue weighted by Gasteiger charge is 2.15. The normalized spacial score (nSPS) is 10.7. The average Bonchev–Trinajstić information content (AvgIpc) is 2.62. The lowest BCUT2D eigenvalue weighted by Gasteiger charge is -2.04. The first kappa shape index (κ1) is 13.3. The summed E-state index contributed by atoms with van der Waals surface area (Å²) in [5.41, 5.74) is 3.02. The van der Waals surface area contributed by atoms with E-state index in [9.17, 15) is 9.59 Å². The molecule has 100 valence electrons. The smallest absolute Gasteiger partial charge is 0.228 e. The van der Waals surface area contributed by atoms with E-state index in [4.69, 9.17) is 0 Å². The third-order valence-electron chi connectivity index (χ3n) is 3.31. The zero-order chi connectivity index (χ0) is 14.0. The molecular formula is C15H18N2O2. The molecule has 1 aromatic carbocycles. The molecule has 0 saturated carbocycles. The summed E-state index contributed by atoms with van der Waals surface area (Å²) in [5.74, 6) is -0.0209. The molecule has 4 nitrogen and oxygen atoms in total. The molecule has 1 aromatic heterocycles. The Morgan fingerprint density at radius 2 is 1.89 bits per heavy atom. The largest absolute Gasteiger partial charge is 0.356 e. The molecular weight excluding hydrogens is 240 g/mol. The fourth-order valence-corrected chi connectivity index (χ4v) is 2.52. The van der Waals surface area contributed by atoms with Crippen LogP contribution < -0.4 is 5.32 Å². The predicted molar refractivity (Wildman–Crippen MR) is 75.4 cm³/mol. The first-order valence-corrected chi connectivity index (χ1v) is 6.36. The lowest BCUT2D eigenvalue weighted by atomic mass is 10.1. The molecule has 0 aliphatic carbocycles. The van der Waals surface area contributed by atoms with Gasteiger partial charge in [-0.3, -0.25) is 14.2 Å². The Bertz CT molecular complexity index is 641. The van der Waals surface area contributed by atoms with Crippen molar-refractivity contribution in [3.8, 4) is 0 Å². The summed E-state index contributed by atoms with van der Waals surface area (Å²) >= 11 is 0. The fourth-order valence-electron chi connectivity index (χ4n) is 2.52. The number of carbonyl (C=O) groups excluding carboxylic acids is 2. The topological polar surface area (TPSA) is 51.1 Å². The molecule has 0 spiro atoms. The summed E-state index contributed by atoms with van der Waals surface area (Å²) in [5, 5.41) is 3.88. The first-order chi connectivity index (χ1) is 9.02. The Hall–Kier alpha value is -2.10. The van der Waals surface area contributed by atoms with Gasteiger partial charge in [-0.15, -0.1) is 0 Å². The molecule has 0 aliphatic heterocycles. The van der Waals surface area contributed by atoms with Crippen LogP contribution in [0.1, 0.15) is 29.9 Å². The summed E-state index contributed by atoms with van der Waals surface area (Å²) < 4.78 is 1.73. The van der Waals surface area contributed by atoms with E-state index in [-0.39, 0.29) is 11.8 Å². The van der Waals surface area contributed by atoms with Gasteiger partial charge in [-0.1, -0.05) is 18.2 Å². The molecule has 0 saturated heterocycles. The van der Waals surface area contributed by atoms with Crippen molar-refractivity contribution in [2.24, 2.45) is 0 Å². The van der Waals surface area contributed by atoms with E-state index in [1.165, 1.54) is 6.92 Å². The number of carbonyl (C=O) groups is 2. The second-order valence-corrected chi connectivity index (χ2v) is 4.67. The van der Waals surface area contributed by atoms with Crippen molar-refractivity contribution in [1.82, 2.24) is 9.88 Å². The Balaban J connectivity index is 2.45. The van der Waals surface area contributed by atoms with E-state index in [0.717, 1.165) is 28.6 Å². The highest BCUT2D eigenvalue weighted by Crippen LogP contribution is 2.25. The molecule has 2 aromatic rings. The maximum Gasteiger partial charge on any atom is 0.228 e. The van der Waals surface area contributed by atoms with Crippen LogP contribution in [0.2, 0.25) is 0 Å². The van der Waals surface area contributed by atoms with Crippen molar-refractivity contribution in [1.29, 1.82) is 0 Å². The molecule has 0 bridgehead atoms. The quantitative estimate of drug-likeness (QED) is 0.918. The number of amides is 1. The monoisotopic (exact) mass is 258 g/mol. The summed E-state index contributed by atoms with van der Waals surface area (Å²) in [7, 11) is 0. The lowest BCUT2D eigenvalue weighted by molar-refractivity contribution is -0.118. The van der Waals surface area contributed by atoms with Gasteiger partial charge in [0.25, 0.3) is 0 Å². The molecule has 1 N–H and O–H groups in total.